The van der Waals surface area contributed by atoms with Crippen molar-refractivity contribution in [3.63, 3.8) is 0 Å². The van der Waals surface area contributed by atoms with Crippen molar-refractivity contribution >= 4 is 23.2 Å². The first-order valence-electron chi connectivity index (χ1n) is 9.65. The lowest BCUT2D eigenvalue weighted by molar-refractivity contribution is -0.120. The Morgan fingerprint density at radius 3 is 2.75 bits per heavy atom. The second kappa shape index (κ2) is 7.92. The van der Waals surface area contributed by atoms with Gasteiger partial charge in [0.25, 0.3) is 5.91 Å². The van der Waals surface area contributed by atoms with Crippen molar-refractivity contribution < 1.29 is 19.1 Å². The van der Waals surface area contributed by atoms with E-state index in [0.717, 1.165) is 49.2 Å². The summed E-state index contributed by atoms with van der Waals surface area (Å²) >= 11 is 0. The normalized spacial score (nSPS) is 15.5. The number of methoxy groups -OCH3 is 1. The number of fused-ring (bicyclic) bond motifs is 1. The highest BCUT2D eigenvalue weighted by Crippen LogP contribution is 2.36. The maximum Gasteiger partial charge on any atom is 0.262 e. The predicted molar refractivity (Wildman–Crippen MR) is 107 cm³/mol. The number of ether oxygens (including phenoxy) is 2. The zero-order valence-corrected chi connectivity index (χ0v) is 15.9. The van der Waals surface area contributed by atoms with Gasteiger partial charge in [-0.1, -0.05) is 6.07 Å². The Labute approximate surface area is 164 Å². The number of carbonyl (C=O) groups excluding carboxylic acids is 2. The van der Waals surface area contributed by atoms with E-state index in [9.17, 15) is 9.59 Å². The molecule has 6 nitrogen and oxygen atoms in total. The van der Waals surface area contributed by atoms with E-state index in [1.165, 1.54) is 0 Å². The fraction of sp³-hybridized carbons (Fsp3) is 0.364. The minimum absolute atomic E-state index is 0.0868. The largest absolute Gasteiger partial charge is 0.497 e. The first kappa shape index (κ1) is 18.3. The molecule has 2 aliphatic rings. The lowest BCUT2D eigenvalue weighted by Gasteiger charge is -2.30. The molecule has 2 amide bonds. The van der Waals surface area contributed by atoms with Crippen LogP contribution in [0.3, 0.4) is 0 Å². The van der Waals surface area contributed by atoms with Gasteiger partial charge in [-0.15, -0.1) is 0 Å². The SMILES string of the molecule is COc1cccc(OCC(=O)Nc2ccc3c(c2)CCCN3C(=O)C2CC2)c1. The summed E-state index contributed by atoms with van der Waals surface area (Å²) in [6, 6.07) is 12.9. The lowest BCUT2D eigenvalue weighted by Crippen LogP contribution is -2.36. The summed E-state index contributed by atoms with van der Waals surface area (Å²) < 4.78 is 10.7. The van der Waals surface area contributed by atoms with Crippen LogP contribution in [-0.4, -0.2) is 32.1 Å². The second-order valence-electron chi connectivity index (χ2n) is 7.23. The van der Waals surface area contributed by atoms with Gasteiger partial charge in [0.2, 0.25) is 5.91 Å². The van der Waals surface area contributed by atoms with Gasteiger partial charge >= 0.3 is 0 Å². The van der Waals surface area contributed by atoms with Crippen molar-refractivity contribution in [3.05, 3.63) is 48.0 Å². The highest BCUT2D eigenvalue weighted by Gasteiger charge is 2.35. The summed E-state index contributed by atoms with van der Waals surface area (Å²) in [6.45, 7) is 0.693. The van der Waals surface area contributed by atoms with Crippen LogP contribution in [0.25, 0.3) is 0 Å². The van der Waals surface area contributed by atoms with Crippen LogP contribution in [-0.2, 0) is 16.0 Å². The molecular formula is C22H24N2O4. The van der Waals surface area contributed by atoms with Crippen molar-refractivity contribution in [2.24, 2.45) is 5.92 Å². The van der Waals surface area contributed by atoms with Crippen LogP contribution >= 0.6 is 0 Å². The molecule has 28 heavy (non-hydrogen) atoms. The molecule has 0 unspecified atom stereocenters. The number of amides is 2. The second-order valence-corrected chi connectivity index (χ2v) is 7.23. The monoisotopic (exact) mass is 380 g/mol. The van der Waals surface area contributed by atoms with E-state index in [1.54, 1.807) is 19.2 Å². The Morgan fingerprint density at radius 1 is 1.14 bits per heavy atom. The number of hydrogen-bond acceptors (Lipinski definition) is 4. The summed E-state index contributed by atoms with van der Waals surface area (Å²) in [7, 11) is 1.58. The highest BCUT2D eigenvalue weighted by molar-refractivity contribution is 5.98. The number of anilines is 2. The molecule has 4 rings (SSSR count). The fourth-order valence-corrected chi connectivity index (χ4v) is 3.49. The van der Waals surface area contributed by atoms with E-state index in [1.807, 2.05) is 35.2 Å². The standard InChI is InChI=1S/C22H24N2O4/c1-27-18-5-2-6-19(13-18)28-14-21(25)23-17-9-10-20-16(12-17)4-3-11-24(20)22(26)15-7-8-15/h2,5-6,9-10,12-13,15H,3-4,7-8,11,14H2,1H3,(H,23,25). The number of rotatable bonds is 6. The van der Waals surface area contributed by atoms with Crippen LogP contribution in [0.1, 0.15) is 24.8 Å². The number of aryl methyl sites for hydroxylation is 1. The number of hydrogen-bond donors (Lipinski definition) is 1. The van der Waals surface area contributed by atoms with E-state index < -0.39 is 0 Å². The zero-order chi connectivity index (χ0) is 19.5. The lowest BCUT2D eigenvalue weighted by atomic mass is 10.0. The first-order chi connectivity index (χ1) is 13.6. The van der Waals surface area contributed by atoms with Crippen molar-refractivity contribution in [1.82, 2.24) is 0 Å². The smallest absolute Gasteiger partial charge is 0.262 e. The molecule has 0 saturated heterocycles. The topological polar surface area (TPSA) is 67.9 Å². The van der Waals surface area contributed by atoms with Crippen molar-refractivity contribution in [3.8, 4) is 11.5 Å². The Balaban J connectivity index is 1.38. The van der Waals surface area contributed by atoms with Gasteiger partial charge in [-0.2, -0.15) is 0 Å². The van der Waals surface area contributed by atoms with E-state index in [0.29, 0.717) is 11.5 Å². The van der Waals surface area contributed by atoms with Crippen LogP contribution in [0.15, 0.2) is 42.5 Å². The Hall–Kier alpha value is -3.02. The van der Waals surface area contributed by atoms with E-state index in [2.05, 4.69) is 5.32 Å². The third-order valence-electron chi connectivity index (χ3n) is 5.09. The molecule has 1 aliphatic heterocycles. The van der Waals surface area contributed by atoms with Gasteiger partial charge in [0.1, 0.15) is 11.5 Å². The summed E-state index contributed by atoms with van der Waals surface area (Å²) in [4.78, 5) is 26.6. The zero-order valence-electron chi connectivity index (χ0n) is 15.9. The first-order valence-corrected chi connectivity index (χ1v) is 9.65. The van der Waals surface area contributed by atoms with Crippen molar-refractivity contribution in [2.75, 3.05) is 30.5 Å². The summed E-state index contributed by atoms with van der Waals surface area (Å²) in [5, 5.41) is 2.87. The number of benzene rings is 2. The van der Waals surface area contributed by atoms with Gasteiger partial charge < -0.3 is 19.7 Å². The molecule has 0 aromatic heterocycles. The molecule has 2 aromatic rings. The van der Waals surface area contributed by atoms with E-state index >= 15 is 0 Å². The van der Waals surface area contributed by atoms with Gasteiger partial charge in [-0.3, -0.25) is 9.59 Å². The van der Waals surface area contributed by atoms with Crippen molar-refractivity contribution in [2.45, 2.75) is 25.7 Å². The van der Waals surface area contributed by atoms with Gasteiger partial charge in [-0.05, 0) is 61.6 Å². The molecule has 1 saturated carbocycles. The average molecular weight is 380 g/mol. The fourth-order valence-electron chi connectivity index (χ4n) is 3.49. The molecule has 0 spiro atoms. The number of carbonyl (C=O) groups is 2. The van der Waals surface area contributed by atoms with Gasteiger partial charge in [0, 0.05) is 29.9 Å². The summed E-state index contributed by atoms with van der Waals surface area (Å²) in [5.74, 6) is 1.47. The number of nitrogens with zero attached hydrogens (tertiary/aromatic N) is 1. The molecule has 0 atom stereocenters. The van der Waals surface area contributed by atoms with Crippen LogP contribution in [0.2, 0.25) is 0 Å². The van der Waals surface area contributed by atoms with E-state index in [4.69, 9.17) is 9.47 Å². The predicted octanol–water partition coefficient (Wildman–Crippen LogP) is 3.40. The molecule has 1 N–H and O–H groups in total. The molecule has 146 valence electrons. The van der Waals surface area contributed by atoms with Crippen molar-refractivity contribution in [1.29, 1.82) is 0 Å². The molecular weight excluding hydrogens is 356 g/mol. The number of nitrogens with one attached hydrogen (secondary N) is 1. The molecule has 0 bridgehead atoms. The van der Waals surface area contributed by atoms with Crippen LogP contribution in [0, 0.1) is 5.92 Å². The van der Waals surface area contributed by atoms with E-state index in [-0.39, 0.29) is 24.3 Å². The molecule has 1 aliphatic carbocycles. The van der Waals surface area contributed by atoms with Gasteiger partial charge in [-0.25, -0.2) is 0 Å². The van der Waals surface area contributed by atoms with Gasteiger partial charge in [0.05, 0.1) is 7.11 Å². The maximum atomic E-state index is 12.5. The molecule has 2 aromatic carbocycles. The maximum absolute atomic E-state index is 12.5. The summed E-state index contributed by atoms with van der Waals surface area (Å²) in [5.41, 5.74) is 2.80. The summed E-state index contributed by atoms with van der Waals surface area (Å²) in [6.07, 6.45) is 3.87. The minimum Gasteiger partial charge on any atom is -0.497 e. The Morgan fingerprint density at radius 2 is 1.96 bits per heavy atom. The molecule has 1 heterocycles. The highest BCUT2D eigenvalue weighted by atomic mass is 16.5. The quantitative estimate of drug-likeness (QED) is 0.834. The molecule has 6 heteroatoms. The third kappa shape index (κ3) is 4.11. The van der Waals surface area contributed by atoms with Crippen LogP contribution < -0.4 is 19.7 Å². The molecule has 0 radical (unpaired) electrons. The van der Waals surface area contributed by atoms with Gasteiger partial charge in [0.15, 0.2) is 6.61 Å². The Kier molecular flexibility index (Phi) is 5.19. The molecule has 1 fully saturated rings. The average Bonchev–Trinajstić information content (AvgIpc) is 3.57. The van der Waals surface area contributed by atoms with Crippen LogP contribution in [0.5, 0.6) is 11.5 Å². The minimum atomic E-state index is -0.232. The van der Waals surface area contributed by atoms with Crippen LogP contribution in [0.4, 0.5) is 11.4 Å². The Bertz CT molecular complexity index is 892. The third-order valence-corrected chi connectivity index (χ3v) is 5.09.